The summed E-state index contributed by atoms with van der Waals surface area (Å²) in [4.78, 5) is 2.66. The monoisotopic (exact) mass is 300 g/mol. The Labute approximate surface area is 131 Å². The normalized spacial score (nSPS) is 24.7. The van der Waals surface area contributed by atoms with E-state index in [4.69, 9.17) is 0 Å². The maximum atomic E-state index is 4.48. The topological polar surface area (TPSA) is 51.8 Å². The van der Waals surface area contributed by atoms with Gasteiger partial charge in [-0.3, -0.25) is 9.58 Å². The molecule has 2 bridgehead atoms. The van der Waals surface area contributed by atoms with Crippen LogP contribution in [-0.2, 0) is 19.5 Å². The van der Waals surface area contributed by atoms with E-state index in [9.17, 15) is 0 Å². The van der Waals surface area contributed by atoms with Crippen LogP contribution >= 0.6 is 0 Å². The molecule has 4 heterocycles. The summed E-state index contributed by atoms with van der Waals surface area (Å²) >= 11 is 0. The van der Waals surface area contributed by atoms with Crippen LogP contribution < -0.4 is 0 Å². The van der Waals surface area contributed by atoms with Gasteiger partial charge in [-0.05, 0) is 33.6 Å². The second-order valence-corrected chi connectivity index (χ2v) is 6.96. The van der Waals surface area contributed by atoms with Crippen LogP contribution in [0.1, 0.15) is 49.9 Å². The molecule has 2 aromatic rings. The van der Waals surface area contributed by atoms with Crippen molar-refractivity contribution in [1.29, 1.82) is 0 Å². The lowest BCUT2D eigenvalue weighted by molar-refractivity contribution is 0.180. The van der Waals surface area contributed by atoms with Crippen LogP contribution in [0.5, 0.6) is 0 Å². The first-order chi connectivity index (χ1) is 10.6. The van der Waals surface area contributed by atoms with Gasteiger partial charge >= 0.3 is 0 Å². The van der Waals surface area contributed by atoms with Crippen molar-refractivity contribution in [1.82, 2.24) is 29.4 Å². The SMILES string of the molecule is Cc1nnc2n1CC1CCC(C2)N1Cc1cnn(C(C)C)c1. The van der Waals surface area contributed by atoms with E-state index in [-0.39, 0.29) is 0 Å². The molecule has 2 aliphatic heterocycles. The third-order valence-electron chi connectivity index (χ3n) is 5.14. The summed E-state index contributed by atoms with van der Waals surface area (Å²) in [7, 11) is 0. The van der Waals surface area contributed by atoms with Gasteiger partial charge in [0, 0.05) is 49.4 Å². The highest BCUT2D eigenvalue weighted by molar-refractivity contribution is 5.09. The summed E-state index contributed by atoms with van der Waals surface area (Å²) in [5, 5.41) is 13.1. The number of aryl methyl sites for hydroxylation is 1. The van der Waals surface area contributed by atoms with Crippen molar-refractivity contribution in [3.05, 3.63) is 29.6 Å². The minimum absolute atomic E-state index is 0.424. The predicted octanol–water partition coefficient (Wildman–Crippen LogP) is 1.95. The Morgan fingerprint density at radius 2 is 2.05 bits per heavy atom. The van der Waals surface area contributed by atoms with Gasteiger partial charge in [-0.15, -0.1) is 10.2 Å². The average Bonchev–Trinajstić information content (AvgIpc) is 3.12. The predicted molar refractivity (Wildman–Crippen MR) is 83.4 cm³/mol. The molecule has 1 saturated heterocycles. The van der Waals surface area contributed by atoms with Crippen molar-refractivity contribution in [3.8, 4) is 0 Å². The fourth-order valence-corrected chi connectivity index (χ4v) is 3.88. The minimum atomic E-state index is 0.424. The molecule has 0 N–H and O–H groups in total. The Morgan fingerprint density at radius 1 is 1.23 bits per heavy atom. The van der Waals surface area contributed by atoms with Gasteiger partial charge < -0.3 is 4.57 Å². The first-order valence-corrected chi connectivity index (χ1v) is 8.29. The molecule has 22 heavy (non-hydrogen) atoms. The fourth-order valence-electron chi connectivity index (χ4n) is 3.88. The number of aromatic nitrogens is 5. The molecule has 0 amide bonds. The zero-order valence-corrected chi connectivity index (χ0v) is 13.6. The highest BCUT2D eigenvalue weighted by atomic mass is 15.3. The minimum Gasteiger partial charge on any atom is -0.314 e. The van der Waals surface area contributed by atoms with Crippen molar-refractivity contribution in [2.24, 2.45) is 0 Å². The van der Waals surface area contributed by atoms with Crippen LogP contribution in [0.15, 0.2) is 12.4 Å². The molecule has 1 fully saturated rings. The number of hydrogen-bond acceptors (Lipinski definition) is 4. The summed E-state index contributed by atoms with van der Waals surface area (Å²) < 4.78 is 4.36. The largest absolute Gasteiger partial charge is 0.314 e. The van der Waals surface area contributed by atoms with E-state index in [0.29, 0.717) is 18.1 Å². The highest BCUT2D eigenvalue weighted by Crippen LogP contribution is 2.32. The average molecular weight is 300 g/mol. The van der Waals surface area contributed by atoms with Gasteiger partial charge in [0.1, 0.15) is 11.6 Å². The molecule has 0 spiro atoms. The quantitative estimate of drug-likeness (QED) is 0.869. The van der Waals surface area contributed by atoms with E-state index in [1.54, 1.807) is 0 Å². The van der Waals surface area contributed by atoms with E-state index in [1.165, 1.54) is 18.4 Å². The molecule has 0 saturated carbocycles. The first kappa shape index (κ1) is 13.9. The molecule has 0 radical (unpaired) electrons. The molecule has 0 aromatic carbocycles. The number of hydrogen-bond donors (Lipinski definition) is 0. The summed E-state index contributed by atoms with van der Waals surface area (Å²) in [6.07, 6.45) is 7.79. The zero-order chi connectivity index (χ0) is 15.3. The third-order valence-corrected chi connectivity index (χ3v) is 5.14. The van der Waals surface area contributed by atoms with Gasteiger partial charge in [-0.2, -0.15) is 5.10 Å². The second-order valence-electron chi connectivity index (χ2n) is 6.96. The Kier molecular flexibility index (Phi) is 3.29. The molecular formula is C16H24N6. The first-order valence-electron chi connectivity index (χ1n) is 8.29. The Balaban J connectivity index is 1.56. The molecule has 6 heteroatoms. The van der Waals surface area contributed by atoms with Gasteiger partial charge in [-0.25, -0.2) is 0 Å². The van der Waals surface area contributed by atoms with Gasteiger partial charge in [0.25, 0.3) is 0 Å². The van der Waals surface area contributed by atoms with Crippen LogP contribution in [0.4, 0.5) is 0 Å². The molecular weight excluding hydrogens is 276 g/mol. The van der Waals surface area contributed by atoms with Crippen molar-refractivity contribution >= 4 is 0 Å². The van der Waals surface area contributed by atoms with E-state index >= 15 is 0 Å². The Morgan fingerprint density at radius 3 is 2.82 bits per heavy atom. The summed E-state index contributed by atoms with van der Waals surface area (Å²) in [6.45, 7) is 8.43. The number of fused-ring (bicyclic) bond motifs is 3. The van der Waals surface area contributed by atoms with Crippen LogP contribution in [0.3, 0.4) is 0 Å². The van der Waals surface area contributed by atoms with Gasteiger partial charge in [0.15, 0.2) is 0 Å². The standard InChI is InChI=1S/C16H24N6/c1-11(2)22-9-13(7-17-22)8-21-14-4-5-15(21)10-20-12(3)18-19-16(20)6-14/h7,9,11,14-15H,4-6,8,10H2,1-3H3. The van der Waals surface area contributed by atoms with Crippen LogP contribution in [-0.4, -0.2) is 41.5 Å². The maximum absolute atomic E-state index is 4.48. The number of rotatable bonds is 3. The smallest absolute Gasteiger partial charge is 0.134 e. The Hall–Kier alpha value is -1.69. The van der Waals surface area contributed by atoms with E-state index < -0.39 is 0 Å². The van der Waals surface area contributed by atoms with Crippen molar-refractivity contribution in [2.75, 3.05) is 0 Å². The van der Waals surface area contributed by atoms with Crippen molar-refractivity contribution < 1.29 is 0 Å². The molecule has 6 nitrogen and oxygen atoms in total. The molecule has 4 rings (SSSR count). The lowest BCUT2D eigenvalue weighted by Gasteiger charge is -2.27. The van der Waals surface area contributed by atoms with Crippen LogP contribution in [0.2, 0.25) is 0 Å². The van der Waals surface area contributed by atoms with Gasteiger partial charge in [0.2, 0.25) is 0 Å². The van der Waals surface area contributed by atoms with Crippen LogP contribution in [0, 0.1) is 6.92 Å². The zero-order valence-electron chi connectivity index (χ0n) is 13.6. The fraction of sp³-hybridized carbons (Fsp3) is 0.688. The second kappa shape index (κ2) is 5.19. The molecule has 0 aliphatic carbocycles. The van der Waals surface area contributed by atoms with E-state index in [2.05, 4.69) is 51.7 Å². The molecule has 118 valence electrons. The highest BCUT2D eigenvalue weighted by Gasteiger charge is 2.38. The molecule has 2 unspecified atom stereocenters. The van der Waals surface area contributed by atoms with E-state index in [1.807, 2.05) is 10.9 Å². The summed E-state index contributed by atoms with van der Waals surface area (Å²) in [5.41, 5.74) is 1.32. The third kappa shape index (κ3) is 2.26. The molecule has 2 atom stereocenters. The summed E-state index contributed by atoms with van der Waals surface area (Å²) in [6, 6.07) is 1.62. The number of nitrogens with zero attached hydrogens (tertiary/aromatic N) is 6. The van der Waals surface area contributed by atoms with Crippen molar-refractivity contribution in [3.63, 3.8) is 0 Å². The molecule has 2 aliphatic rings. The van der Waals surface area contributed by atoms with Crippen LogP contribution in [0.25, 0.3) is 0 Å². The maximum Gasteiger partial charge on any atom is 0.134 e. The van der Waals surface area contributed by atoms with Crippen molar-refractivity contribution in [2.45, 2.75) is 71.2 Å². The summed E-state index contributed by atoms with van der Waals surface area (Å²) in [5.74, 6) is 2.21. The van der Waals surface area contributed by atoms with E-state index in [0.717, 1.165) is 31.2 Å². The van der Waals surface area contributed by atoms with Gasteiger partial charge in [-0.1, -0.05) is 0 Å². The lowest BCUT2D eigenvalue weighted by atomic mass is 10.1. The Bertz CT molecular complexity index is 670. The van der Waals surface area contributed by atoms with Gasteiger partial charge in [0.05, 0.1) is 6.20 Å². The molecule has 2 aromatic heterocycles. The lowest BCUT2D eigenvalue weighted by Crippen LogP contribution is -2.36.